The Kier molecular flexibility index (Phi) is 17.0. The predicted octanol–water partition coefficient (Wildman–Crippen LogP) is 9.06. The largest absolute Gasteiger partial charge is 0.465 e. The Morgan fingerprint density at radius 3 is 1.62 bits per heavy atom. The molecule has 1 rings (SSSR count). The summed E-state index contributed by atoms with van der Waals surface area (Å²) in [6.07, 6.45) is 18.1. The number of carbonyl (C=O) groups excluding carboxylic acids is 4. The summed E-state index contributed by atoms with van der Waals surface area (Å²) in [6, 6.07) is 1.36. The second-order valence-corrected chi connectivity index (χ2v) is 12.1. The lowest BCUT2D eigenvalue weighted by Crippen LogP contribution is -2.29. The van der Waals surface area contributed by atoms with Crippen LogP contribution in [0.5, 0.6) is 0 Å². The summed E-state index contributed by atoms with van der Waals surface area (Å²) in [4.78, 5) is 51.1. The fourth-order valence-corrected chi connectivity index (χ4v) is 5.53. The average Bonchev–Trinajstić information content (AvgIpc) is 2.92. The van der Waals surface area contributed by atoms with Gasteiger partial charge in [-0.05, 0) is 28.4 Å². The second kappa shape index (κ2) is 19.0. The van der Waals surface area contributed by atoms with Crippen molar-refractivity contribution in [3.8, 4) is 0 Å². The Bertz CT molecular complexity index is 988. The summed E-state index contributed by atoms with van der Waals surface area (Å²) in [7, 11) is 2.40. The van der Waals surface area contributed by atoms with E-state index in [0.29, 0.717) is 6.42 Å². The molecule has 0 aliphatic carbocycles. The maximum Gasteiger partial charge on any atom is 0.339 e. The summed E-state index contributed by atoms with van der Waals surface area (Å²) < 4.78 is 10.1. The molecular formula is C32H50BrNO6. The van der Waals surface area contributed by atoms with Gasteiger partial charge in [0.1, 0.15) is 0 Å². The number of rotatable bonds is 20. The number of hydrogen-bond donors (Lipinski definition) is 1. The molecular weight excluding hydrogens is 574 g/mol. The Balaban J connectivity index is 2.78. The number of hydrogen-bond acceptors (Lipinski definition) is 6. The van der Waals surface area contributed by atoms with Gasteiger partial charge >= 0.3 is 11.9 Å². The Morgan fingerprint density at radius 1 is 0.750 bits per heavy atom. The van der Waals surface area contributed by atoms with Crippen LogP contribution >= 0.6 is 15.9 Å². The van der Waals surface area contributed by atoms with Gasteiger partial charge in [0.15, 0.2) is 5.78 Å². The minimum absolute atomic E-state index is 0.0601. The molecule has 0 radical (unpaired) electrons. The van der Waals surface area contributed by atoms with Crippen molar-refractivity contribution >= 4 is 45.2 Å². The molecule has 0 aromatic heterocycles. The number of methoxy groups -OCH3 is 2. The summed E-state index contributed by atoms with van der Waals surface area (Å²) in [5, 5.41) is 2.59. The van der Waals surface area contributed by atoms with Crippen LogP contribution in [0.15, 0.2) is 10.5 Å². The summed E-state index contributed by atoms with van der Waals surface area (Å²) in [6.45, 7) is 7.21. The van der Waals surface area contributed by atoms with Crippen LogP contribution in [0.3, 0.4) is 0 Å². The first kappa shape index (κ1) is 35.8. The van der Waals surface area contributed by atoms with Crippen LogP contribution in [0, 0.1) is 5.41 Å². The van der Waals surface area contributed by atoms with Crippen LogP contribution in [0.4, 0.5) is 5.69 Å². The van der Waals surface area contributed by atoms with E-state index in [0.717, 1.165) is 19.3 Å². The van der Waals surface area contributed by atoms with E-state index in [-0.39, 0.29) is 32.6 Å². The molecule has 226 valence electrons. The van der Waals surface area contributed by atoms with E-state index < -0.39 is 23.3 Å². The van der Waals surface area contributed by atoms with Gasteiger partial charge in [-0.3, -0.25) is 9.59 Å². The molecule has 1 amide bonds. The van der Waals surface area contributed by atoms with Gasteiger partial charge in [0, 0.05) is 17.9 Å². The third-order valence-corrected chi connectivity index (χ3v) is 8.19. The molecule has 0 bridgehead atoms. The molecule has 0 fully saturated rings. The average molecular weight is 625 g/mol. The van der Waals surface area contributed by atoms with Crippen LogP contribution in [0.1, 0.15) is 155 Å². The number of nitrogens with one attached hydrogen (secondary N) is 1. The number of amides is 1. The zero-order valence-electron chi connectivity index (χ0n) is 25.5. The van der Waals surface area contributed by atoms with Gasteiger partial charge in [0.25, 0.3) is 0 Å². The first-order valence-corrected chi connectivity index (χ1v) is 15.7. The number of esters is 2. The Hall–Kier alpha value is -2.22. The van der Waals surface area contributed by atoms with Crippen LogP contribution in [-0.4, -0.2) is 37.8 Å². The number of benzene rings is 1. The van der Waals surface area contributed by atoms with Crippen LogP contribution < -0.4 is 5.32 Å². The molecule has 0 unspecified atom stereocenters. The molecule has 0 aliphatic rings. The molecule has 0 atom stereocenters. The lowest BCUT2D eigenvalue weighted by Gasteiger charge is -2.26. The van der Waals surface area contributed by atoms with E-state index in [4.69, 9.17) is 9.47 Å². The predicted molar refractivity (Wildman–Crippen MR) is 164 cm³/mol. The zero-order valence-corrected chi connectivity index (χ0v) is 27.1. The van der Waals surface area contributed by atoms with Gasteiger partial charge in [-0.2, -0.15) is 0 Å². The summed E-state index contributed by atoms with van der Waals surface area (Å²) in [5.74, 6) is -2.32. The van der Waals surface area contributed by atoms with Gasteiger partial charge in [0.2, 0.25) is 5.91 Å². The zero-order chi connectivity index (χ0) is 30.1. The highest BCUT2D eigenvalue weighted by Gasteiger charge is 2.37. The molecule has 0 saturated carbocycles. The monoisotopic (exact) mass is 623 g/mol. The Morgan fingerprint density at radius 2 is 1.20 bits per heavy atom. The molecule has 1 aromatic carbocycles. The molecule has 1 aromatic rings. The highest BCUT2D eigenvalue weighted by atomic mass is 79.9. The molecule has 40 heavy (non-hydrogen) atoms. The number of anilines is 1. The lowest BCUT2D eigenvalue weighted by atomic mass is 9.77. The van der Waals surface area contributed by atoms with E-state index in [9.17, 15) is 19.2 Å². The van der Waals surface area contributed by atoms with Crippen molar-refractivity contribution in [3.05, 3.63) is 27.2 Å². The maximum absolute atomic E-state index is 13.9. The number of ether oxygens (including phenoxy) is 2. The minimum atomic E-state index is -0.836. The highest BCUT2D eigenvalue weighted by Crippen LogP contribution is 2.38. The van der Waals surface area contributed by atoms with Crippen molar-refractivity contribution in [1.29, 1.82) is 0 Å². The van der Waals surface area contributed by atoms with Gasteiger partial charge < -0.3 is 14.8 Å². The van der Waals surface area contributed by atoms with Gasteiger partial charge in [-0.25, -0.2) is 9.59 Å². The fourth-order valence-electron chi connectivity index (χ4n) is 4.95. The lowest BCUT2D eigenvalue weighted by molar-refractivity contribution is -0.114. The highest BCUT2D eigenvalue weighted by molar-refractivity contribution is 9.10. The molecule has 1 N–H and O–H groups in total. The fraction of sp³-hybridized carbons (Fsp3) is 0.688. The number of unbranched alkanes of at least 4 members (excludes halogenated alkanes) is 13. The smallest absolute Gasteiger partial charge is 0.339 e. The van der Waals surface area contributed by atoms with Gasteiger partial charge in [-0.15, -0.1) is 0 Å². The van der Waals surface area contributed by atoms with Crippen molar-refractivity contribution in [1.82, 2.24) is 0 Å². The number of carbonyl (C=O) groups is 4. The summed E-state index contributed by atoms with van der Waals surface area (Å²) in [5.41, 5.74) is -0.913. The van der Waals surface area contributed by atoms with Crippen LogP contribution in [-0.2, 0) is 14.3 Å². The first-order chi connectivity index (χ1) is 19.0. The molecule has 0 saturated heterocycles. The van der Waals surface area contributed by atoms with Crippen molar-refractivity contribution < 1.29 is 28.7 Å². The third-order valence-electron chi connectivity index (χ3n) is 7.37. The van der Waals surface area contributed by atoms with Crippen molar-refractivity contribution in [2.75, 3.05) is 19.5 Å². The van der Waals surface area contributed by atoms with Gasteiger partial charge in [0.05, 0.1) is 35.5 Å². The molecule has 0 heterocycles. The van der Waals surface area contributed by atoms with E-state index in [2.05, 4.69) is 28.2 Å². The van der Waals surface area contributed by atoms with Crippen molar-refractivity contribution in [3.63, 3.8) is 0 Å². The maximum atomic E-state index is 13.9. The summed E-state index contributed by atoms with van der Waals surface area (Å²) >= 11 is 3.34. The standard InChI is InChI=1S/C32H50BrNO6/c1-7-8-9-10-11-12-13-14-15-16-17-18-19-20-21-32(3,4)29(36)26-24(30(37)39-5)22-25(34-23(2)35)28(33)27(26)31(38)40-6/h22H,7-21H2,1-6H3,(H,34,35). The van der Waals surface area contributed by atoms with Crippen molar-refractivity contribution in [2.45, 2.75) is 124 Å². The van der Waals surface area contributed by atoms with Crippen molar-refractivity contribution in [2.24, 2.45) is 5.41 Å². The molecule has 7 nitrogen and oxygen atoms in total. The number of ketones is 1. The molecule has 0 aliphatic heterocycles. The third kappa shape index (κ3) is 11.7. The normalized spacial score (nSPS) is 11.3. The van der Waals surface area contributed by atoms with E-state index in [1.165, 1.54) is 97.8 Å². The molecule has 8 heteroatoms. The topological polar surface area (TPSA) is 98.8 Å². The quantitative estimate of drug-likeness (QED) is 0.0883. The number of halogens is 1. The van der Waals surface area contributed by atoms with E-state index in [1.807, 2.05) is 13.8 Å². The van der Waals surface area contributed by atoms with Crippen LogP contribution in [0.25, 0.3) is 0 Å². The number of Topliss-reactive ketones (excluding diaryl/α,β-unsaturated/α-hetero) is 1. The van der Waals surface area contributed by atoms with E-state index in [1.54, 1.807) is 0 Å². The van der Waals surface area contributed by atoms with Crippen LogP contribution in [0.2, 0.25) is 0 Å². The molecule has 0 spiro atoms. The first-order valence-electron chi connectivity index (χ1n) is 14.9. The second-order valence-electron chi connectivity index (χ2n) is 11.3. The SMILES string of the molecule is CCCCCCCCCCCCCCCCC(C)(C)C(=O)c1c(C(=O)OC)cc(NC(C)=O)c(Br)c1C(=O)OC. The minimum Gasteiger partial charge on any atom is -0.465 e. The Labute approximate surface area is 249 Å². The van der Waals surface area contributed by atoms with Gasteiger partial charge in [-0.1, -0.05) is 111 Å². The van der Waals surface area contributed by atoms with E-state index >= 15 is 0 Å².